The van der Waals surface area contributed by atoms with Gasteiger partial charge in [0.05, 0.1) is 24.3 Å². The zero-order valence-corrected chi connectivity index (χ0v) is 10.9. The van der Waals surface area contributed by atoms with E-state index in [2.05, 4.69) is 10.3 Å². The van der Waals surface area contributed by atoms with Crippen molar-refractivity contribution < 1.29 is 9.53 Å². The third-order valence-electron chi connectivity index (χ3n) is 3.31. The van der Waals surface area contributed by atoms with Gasteiger partial charge in [0, 0.05) is 31.4 Å². The van der Waals surface area contributed by atoms with Gasteiger partial charge in [0.25, 0.3) is 0 Å². The van der Waals surface area contributed by atoms with Crippen molar-refractivity contribution in [1.29, 1.82) is 0 Å². The van der Waals surface area contributed by atoms with Gasteiger partial charge in [0.1, 0.15) is 0 Å². The van der Waals surface area contributed by atoms with E-state index in [1.807, 2.05) is 22.2 Å². The number of ketones is 1. The predicted molar refractivity (Wildman–Crippen MR) is 69.0 cm³/mol. The molecule has 2 aromatic heterocycles. The Morgan fingerprint density at radius 1 is 1.72 bits per heavy atom. The van der Waals surface area contributed by atoms with Gasteiger partial charge in [-0.3, -0.25) is 9.20 Å². The Morgan fingerprint density at radius 3 is 3.33 bits per heavy atom. The maximum atomic E-state index is 12.1. The van der Waals surface area contributed by atoms with Crippen molar-refractivity contribution in [1.82, 2.24) is 14.7 Å². The van der Waals surface area contributed by atoms with E-state index in [-0.39, 0.29) is 17.9 Å². The third-order valence-corrected chi connectivity index (χ3v) is 4.08. The molecule has 1 aliphatic rings. The van der Waals surface area contributed by atoms with Crippen molar-refractivity contribution >= 4 is 22.1 Å². The SMILES string of the molecule is COC1CNC(C(=O)Cc2cn3ccsc3n2)C1. The van der Waals surface area contributed by atoms with E-state index in [9.17, 15) is 4.79 Å². The lowest BCUT2D eigenvalue weighted by molar-refractivity contribution is -0.120. The quantitative estimate of drug-likeness (QED) is 0.892. The van der Waals surface area contributed by atoms with Crippen LogP contribution < -0.4 is 5.32 Å². The summed E-state index contributed by atoms with van der Waals surface area (Å²) in [6.07, 6.45) is 5.19. The number of thiazole rings is 1. The number of rotatable bonds is 4. The van der Waals surface area contributed by atoms with Crippen LogP contribution in [-0.2, 0) is 16.0 Å². The van der Waals surface area contributed by atoms with Crippen LogP contribution in [0.4, 0.5) is 0 Å². The monoisotopic (exact) mass is 265 g/mol. The molecule has 96 valence electrons. The first-order valence-electron chi connectivity index (χ1n) is 5.96. The van der Waals surface area contributed by atoms with E-state index in [0.717, 1.165) is 23.6 Å². The molecule has 5 nitrogen and oxygen atoms in total. The topological polar surface area (TPSA) is 55.6 Å². The minimum Gasteiger partial charge on any atom is -0.380 e. The fourth-order valence-corrected chi connectivity index (χ4v) is 3.01. The first-order chi connectivity index (χ1) is 8.76. The lowest BCUT2D eigenvalue weighted by Crippen LogP contribution is -2.31. The van der Waals surface area contributed by atoms with Crippen LogP contribution in [0.25, 0.3) is 4.96 Å². The summed E-state index contributed by atoms with van der Waals surface area (Å²) in [5.74, 6) is 0.195. The van der Waals surface area contributed by atoms with Crippen LogP contribution in [0.3, 0.4) is 0 Å². The maximum Gasteiger partial charge on any atom is 0.193 e. The van der Waals surface area contributed by atoms with Gasteiger partial charge < -0.3 is 10.1 Å². The van der Waals surface area contributed by atoms with E-state index >= 15 is 0 Å². The molecule has 0 aliphatic carbocycles. The fourth-order valence-electron chi connectivity index (χ4n) is 2.29. The number of fused-ring (bicyclic) bond motifs is 1. The molecule has 0 saturated carbocycles. The molecule has 0 aromatic carbocycles. The van der Waals surface area contributed by atoms with E-state index in [0.29, 0.717) is 6.42 Å². The summed E-state index contributed by atoms with van der Waals surface area (Å²) in [6, 6.07) is -0.0883. The number of hydrogen-bond donors (Lipinski definition) is 1. The van der Waals surface area contributed by atoms with Crippen molar-refractivity contribution in [3.8, 4) is 0 Å². The third kappa shape index (κ3) is 2.19. The Bertz CT molecular complexity index is 534. The average molecular weight is 265 g/mol. The molecule has 2 atom stereocenters. The minimum atomic E-state index is -0.0883. The van der Waals surface area contributed by atoms with Crippen molar-refractivity contribution in [2.24, 2.45) is 0 Å². The maximum absolute atomic E-state index is 12.1. The number of imidazole rings is 1. The number of nitrogens with one attached hydrogen (secondary N) is 1. The Kier molecular flexibility index (Phi) is 3.15. The molecule has 0 amide bonds. The van der Waals surface area contributed by atoms with Gasteiger partial charge in [0.2, 0.25) is 0 Å². The summed E-state index contributed by atoms with van der Waals surface area (Å²) in [4.78, 5) is 17.5. The van der Waals surface area contributed by atoms with Crippen LogP contribution in [0, 0.1) is 0 Å². The molecule has 1 aliphatic heterocycles. The normalized spacial score (nSPS) is 23.8. The van der Waals surface area contributed by atoms with Crippen molar-refractivity contribution in [2.45, 2.75) is 25.0 Å². The number of methoxy groups -OCH3 is 1. The zero-order chi connectivity index (χ0) is 12.5. The molecule has 0 radical (unpaired) electrons. The highest BCUT2D eigenvalue weighted by molar-refractivity contribution is 7.15. The Morgan fingerprint density at radius 2 is 2.61 bits per heavy atom. The van der Waals surface area contributed by atoms with Crippen LogP contribution in [-0.4, -0.2) is 41.0 Å². The number of hydrogen-bond acceptors (Lipinski definition) is 5. The molecule has 2 aromatic rings. The van der Waals surface area contributed by atoms with Gasteiger partial charge in [-0.2, -0.15) is 0 Å². The highest BCUT2D eigenvalue weighted by Gasteiger charge is 2.29. The Labute approximate surface area is 109 Å². The van der Waals surface area contributed by atoms with E-state index in [4.69, 9.17) is 4.74 Å². The summed E-state index contributed by atoms with van der Waals surface area (Å²) in [5.41, 5.74) is 0.842. The molecule has 0 bridgehead atoms. The van der Waals surface area contributed by atoms with E-state index < -0.39 is 0 Å². The molecule has 0 spiro atoms. The van der Waals surface area contributed by atoms with Crippen LogP contribution in [0.5, 0.6) is 0 Å². The van der Waals surface area contributed by atoms with Crippen LogP contribution in [0.1, 0.15) is 12.1 Å². The molecule has 18 heavy (non-hydrogen) atoms. The van der Waals surface area contributed by atoms with E-state index in [1.54, 1.807) is 18.4 Å². The lowest BCUT2D eigenvalue weighted by atomic mass is 10.1. The van der Waals surface area contributed by atoms with Gasteiger partial charge in [-0.05, 0) is 6.42 Å². The molecular formula is C12H15N3O2S. The van der Waals surface area contributed by atoms with E-state index in [1.165, 1.54) is 0 Å². The van der Waals surface area contributed by atoms with Gasteiger partial charge in [0.15, 0.2) is 10.7 Å². The van der Waals surface area contributed by atoms with Crippen molar-refractivity contribution in [2.75, 3.05) is 13.7 Å². The molecule has 1 saturated heterocycles. The smallest absolute Gasteiger partial charge is 0.193 e. The fraction of sp³-hybridized carbons (Fsp3) is 0.500. The molecule has 6 heteroatoms. The first kappa shape index (κ1) is 11.8. The molecule has 1 N–H and O–H groups in total. The highest BCUT2D eigenvalue weighted by Crippen LogP contribution is 2.15. The summed E-state index contributed by atoms with van der Waals surface area (Å²) in [6.45, 7) is 0.755. The number of nitrogens with zero attached hydrogens (tertiary/aromatic N) is 2. The van der Waals surface area contributed by atoms with Crippen molar-refractivity contribution in [3.63, 3.8) is 0 Å². The van der Waals surface area contributed by atoms with Crippen LogP contribution in [0.2, 0.25) is 0 Å². The van der Waals surface area contributed by atoms with Crippen molar-refractivity contribution in [3.05, 3.63) is 23.5 Å². The van der Waals surface area contributed by atoms with Gasteiger partial charge in [-0.25, -0.2) is 4.98 Å². The second kappa shape index (κ2) is 4.79. The van der Waals surface area contributed by atoms with Crippen LogP contribution >= 0.6 is 11.3 Å². The Hall–Kier alpha value is -1.24. The Balaban J connectivity index is 1.66. The number of aromatic nitrogens is 2. The van der Waals surface area contributed by atoms with Crippen LogP contribution in [0.15, 0.2) is 17.8 Å². The largest absolute Gasteiger partial charge is 0.380 e. The summed E-state index contributed by atoms with van der Waals surface area (Å²) >= 11 is 1.58. The number of carbonyl (C=O) groups is 1. The molecular weight excluding hydrogens is 250 g/mol. The average Bonchev–Trinajstić information content (AvgIpc) is 3.02. The summed E-state index contributed by atoms with van der Waals surface area (Å²) in [5, 5.41) is 5.18. The molecule has 3 heterocycles. The second-order valence-electron chi connectivity index (χ2n) is 4.52. The zero-order valence-electron chi connectivity index (χ0n) is 10.1. The first-order valence-corrected chi connectivity index (χ1v) is 6.84. The van der Waals surface area contributed by atoms with Gasteiger partial charge >= 0.3 is 0 Å². The minimum absolute atomic E-state index is 0.0883. The molecule has 2 unspecified atom stereocenters. The number of Topliss-reactive ketones (excluding diaryl/α,β-unsaturated/α-hetero) is 1. The number of carbonyl (C=O) groups excluding carboxylic acids is 1. The molecule has 1 fully saturated rings. The summed E-state index contributed by atoms with van der Waals surface area (Å²) < 4.78 is 7.20. The predicted octanol–water partition coefficient (Wildman–Crippen LogP) is 0.884. The molecule has 3 rings (SSSR count). The summed E-state index contributed by atoms with van der Waals surface area (Å²) in [7, 11) is 1.68. The second-order valence-corrected chi connectivity index (χ2v) is 5.40. The van der Waals surface area contributed by atoms with Gasteiger partial charge in [-0.1, -0.05) is 0 Å². The highest BCUT2D eigenvalue weighted by atomic mass is 32.1. The standard InChI is InChI=1S/C12H15N3O2S/c1-17-9-5-10(13-6-9)11(16)4-8-7-15-2-3-18-12(15)14-8/h2-3,7,9-10,13H,4-6H2,1H3. The van der Waals surface area contributed by atoms with Gasteiger partial charge in [-0.15, -0.1) is 11.3 Å². The number of ether oxygens (including phenoxy) is 1. The lowest BCUT2D eigenvalue weighted by Gasteiger charge is -2.07.